The molecule has 0 radical (unpaired) electrons. The maximum absolute atomic E-state index is 14.9. The minimum Gasteiger partial charge on any atom is -0.328 e. The number of aromatic nitrogens is 3. The number of carbonyl (C=O) groups excluding carboxylic acids is 1. The van der Waals surface area contributed by atoms with Crippen molar-refractivity contribution in [1.29, 1.82) is 0 Å². The molecule has 0 spiro atoms. The molecule has 2 aromatic heterocycles. The van der Waals surface area contributed by atoms with Crippen molar-refractivity contribution in [2.75, 3.05) is 0 Å². The Morgan fingerprint density at radius 2 is 1.83 bits per heavy atom. The normalized spacial score (nSPS) is 13.3. The van der Waals surface area contributed by atoms with Crippen molar-refractivity contribution >= 4 is 16.8 Å². The standard InChI is InChI=1S/C22H15F3N4O/c1-28-9-16-15(7-13(23)8-20(16)27-28)12-5-18(24)17(19(25)6-12)10-29-11-21-14(22(29)30)3-2-4-26-21/h2-9H,10-11H2,1H3. The van der Waals surface area contributed by atoms with E-state index in [1.54, 1.807) is 31.6 Å². The number of rotatable bonds is 3. The molecule has 0 saturated carbocycles. The Hall–Kier alpha value is -3.68. The smallest absolute Gasteiger partial charge is 0.256 e. The molecule has 150 valence electrons. The largest absolute Gasteiger partial charge is 0.328 e. The Morgan fingerprint density at radius 1 is 1.07 bits per heavy atom. The highest BCUT2D eigenvalue weighted by atomic mass is 19.1. The fraction of sp³-hybridized carbons (Fsp3) is 0.136. The molecule has 4 aromatic rings. The van der Waals surface area contributed by atoms with Gasteiger partial charge in [0.2, 0.25) is 0 Å². The first-order chi connectivity index (χ1) is 14.4. The molecule has 0 saturated heterocycles. The molecule has 5 rings (SSSR count). The minimum absolute atomic E-state index is 0.190. The van der Waals surface area contributed by atoms with Crippen molar-refractivity contribution in [2.45, 2.75) is 13.1 Å². The molecular formula is C22H15F3N4O. The van der Waals surface area contributed by atoms with Crippen LogP contribution in [0.5, 0.6) is 0 Å². The van der Waals surface area contributed by atoms with Gasteiger partial charge >= 0.3 is 0 Å². The zero-order valence-corrected chi connectivity index (χ0v) is 15.9. The molecule has 1 amide bonds. The lowest BCUT2D eigenvalue weighted by Gasteiger charge is -2.17. The van der Waals surface area contributed by atoms with Gasteiger partial charge in [0.05, 0.1) is 29.9 Å². The number of hydrogen-bond donors (Lipinski definition) is 0. The maximum atomic E-state index is 14.9. The van der Waals surface area contributed by atoms with Crippen LogP contribution in [0.1, 0.15) is 21.6 Å². The van der Waals surface area contributed by atoms with Crippen molar-refractivity contribution < 1.29 is 18.0 Å². The Labute approximate surface area is 169 Å². The van der Waals surface area contributed by atoms with Gasteiger partial charge in [0.25, 0.3) is 5.91 Å². The number of carbonyl (C=O) groups is 1. The van der Waals surface area contributed by atoms with E-state index in [1.807, 2.05) is 0 Å². The molecule has 0 fully saturated rings. The summed E-state index contributed by atoms with van der Waals surface area (Å²) in [6, 6.07) is 8.10. The number of amides is 1. The zero-order chi connectivity index (χ0) is 21.0. The third kappa shape index (κ3) is 2.92. The van der Waals surface area contributed by atoms with Crippen molar-refractivity contribution in [3.05, 3.63) is 83.1 Å². The maximum Gasteiger partial charge on any atom is 0.256 e. The Morgan fingerprint density at radius 3 is 2.57 bits per heavy atom. The fourth-order valence-electron chi connectivity index (χ4n) is 3.86. The van der Waals surface area contributed by atoms with Crippen LogP contribution in [0.3, 0.4) is 0 Å². The summed E-state index contributed by atoms with van der Waals surface area (Å²) in [5.41, 5.74) is 1.73. The van der Waals surface area contributed by atoms with Gasteiger partial charge < -0.3 is 4.90 Å². The number of pyridine rings is 1. The van der Waals surface area contributed by atoms with E-state index >= 15 is 0 Å². The average molecular weight is 408 g/mol. The molecule has 5 nitrogen and oxygen atoms in total. The molecule has 0 bridgehead atoms. The van der Waals surface area contributed by atoms with Crippen molar-refractivity contribution in [2.24, 2.45) is 7.05 Å². The minimum atomic E-state index is -0.803. The van der Waals surface area contributed by atoms with E-state index in [4.69, 9.17) is 0 Å². The summed E-state index contributed by atoms with van der Waals surface area (Å²) in [4.78, 5) is 18.0. The molecule has 30 heavy (non-hydrogen) atoms. The molecule has 1 aliphatic heterocycles. The van der Waals surface area contributed by atoms with Gasteiger partial charge in [0.15, 0.2) is 0 Å². The van der Waals surface area contributed by atoms with Crippen LogP contribution in [-0.4, -0.2) is 25.6 Å². The van der Waals surface area contributed by atoms with Gasteiger partial charge in [-0.3, -0.25) is 14.5 Å². The molecule has 0 N–H and O–H groups in total. The fourth-order valence-corrected chi connectivity index (χ4v) is 3.86. The molecule has 1 aliphatic rings. The van der Waals surface area contributed by atoms with Gasteiger partial charge in [0.1, 0.15) is 17.5 Å². The summed E-state index contributed by atoms with van der Waals surface area (Å²) in [6.07, 6.45) is 3.24. The summed E-state index contributed by atoms with van der Waals surface area (Å²) in [6.45, 7) is -0.0333. The third-order valence-electron chi connectivity index (χ3n) is 5.25. The molecular weight excluding hydrogens is 393 g/mol. The Balaban J connectivity index is 1.52. The summed E-state index contributed by atoms with van der Waals surface area (Å²) in [5, 5.41) is 4.74. The lowest BCUT2D eigenvalue weighted by molar-refractivity contribution is 0.0763. The van der Waals surface area contributed by atoms with Crippen LogP contribution in [0.4, 0.5) is 13.2 Å². The van der Waals surface area contributed by atoms with Gasteiger partial charge in [-0.2, -0.15) is 5.10 Å². The summed E-state index contributed by atoms with van der Waals surface area (Å²) in [5.74, 6) is -2.47. The molecule has 8 heteroatoms. The van der Waals surface area contributed by atoms with Crippen LogP contribution in [0, 0.1) is 17.5 Å². The monoisotopic (exact) mass is 408 g/mol. The van der Waals surface area contributed by atoms with Crippen LogP contribution in [0.25, 0.3) is 22.0 Å². The SMILES string of the molecule is Cn1cc2c(-c3cc(F)c(CN4Cc5ncccc5C4=O)c(F)c3)cc(F)cc2n1. The van der Waals surface area contributed by atoms with Gasteiger partial charge in [-0.05, 0) is 41.5 Å². The average Bonchev–Trinajstić information content (AvgIpc) is 3.23. The van der Waals surface area contributed by atoms with E-state index in [9.17, 15) is 18.0 Å². The second-order valence-electron chi connectivity index (χ2n) is 7.27. The number of hydrogen-bond acceptors (Lipinski definition) is 3. The van der Waals surface area contributed by atoms with Gasteiger partial charge in [-0.15, -0.1) is 0 Å². The van der Waals surface area contributed by atoms with Crippen molar-refractivity contribution in [3.63, 3.8) is 0 Å². The van der Waals surface area contributed by atoms with E-state index in [1.165, 1.54) is 21.7 Å². The molecule has 3 heterocycles. The first kappa shape index (κ1) is 18.4. The van der Waals surface area contributed by atoms with E-state index in [0.29, 0.717) is 27.7 Å². The van der Waals surface area contributed by atoms with Crippen molar-refractivity contribution in [1.82, 2.24) is 19.7 Å². The lowest BCUT2D eigenvalue weighted by atomic mass is 9.99. The van der Waals surface area contributed by atoms with E-state index < -0.39 is 17.5 Å². The second kappa shape index (κ2) is 6.69. The third-order valence-corrected chi connectivity index (χ3v) is 5.25. The topological polar surface area (TPSA) is 51.0 Å². The summed E-state index contributed by atoms with van der Waals surface area (Å²) in [7, 11) is 1.69. The zero-order valence-electron chi connectivity index (χ0n) is 15.9. The quantitative estimate of drug-likeness (QED) is 0.510. The van der Waals surface area contributed by atoms with Crippen LogP contribution in [0.15, 0.2) is 48.8 Å². The van der Waals surface area contributed by atoms with E-state index in [-0.39, 0.29) is 30.1 Å². The molecule has 0 unspecified atom stereocenters. The Bertz CT molecular complexity index is 1310. The van der Waals surface area contributed by atoms with Crippen LogP contribution < -0.4 is 0 Å². The van der Waals surface area contributed by atoms with Crippen LogP contribution in [0.2, 0.25) is 0 Å². The van der Waals surface area contributed by atoms with Gasteiger partial charge in [-0.1, -0.05) is 0 Å². The number of halogens is 3. The predicted molar refractivity (Wildman–Crippen MR) is 104 cm³/mol. The van der Waals surface area contributed by atoms with Crippen LogP contribution >= 0.6 is 0 Å². The highest BCUT2D eigenvalue weighted by Gasteiger charge is 2.29. The molecule has 2 aromatic carbocycles. The predicted octanol–water partition coefficient (Wildman–Crippen LogP) is 4.21. The lowest BCUT2D eigenvalue weighted by Crippen LogP contribution is -2.24. The highest BCUT2D eigenvalue weighted by Crippen LogP contribution is 2.32. The van der Waals surface area contributed by atoms with Gasteiger partial charge in [0, 0.05) is 36.5 Å². The number of fused-ring (bicyclic) bond motifs is 2. The van der Waals surface area contributed by atoms with Gasteiger partial charge in [-0.25, -0.2) is 13.2 Å². The number of aryl methyl sites for hydroxylation is 1. The van der Waals surface area contributed by atoms with E-state index in [2.05, 4.69) is 10.1 Å². The number of nitrogens with zero attached hydrogens (tertiary/aromatic N) is 4. The first-order valence-electron chi connectivity index (χ1n) is 9.25. The second-order valence-corrected chi connectivity index (χ2v) is 7.27. The first-order valence-corrected chi connectivity index (χ1v) is 9.25. The van der Waals surface area contributed by atoms with E-state index in [0.717, 1.165) is 12.1 Å². The summed E-state index contributed by atoms with van der Waals surface area (Å²) < 4.78 is 45.3. The van der Waals surface area contributed by atoms with Crippen LogP contribution in [-0.2, 0) is 20.1 Å². The highest BCUT2D eigenvalue weighted by molar-refractivity contribution is 5.97. The molecule has 0 atom stereocenters. The molecule has 0 aliphatic carbocycles. The Kier molecular flexibility index (Phi) is 4.09. The van der Waals surface area contributed by atoms with Crippen molar-refractivity contribution in [3.8, 4) is 11.1 Å². The summed E-state index contributed by atoms with van der Waals surface area (Å²) >= 11 is 0. The number of benzene rings is 2.